The molecule has 7 heteroatoms. The molecule has 2 aromatic heterocycles. The number of aromatic nitrogens is 1. The van der Waals surface area contributed by atoms with Crippen LogP contribution in [0.5, 0.6) is 5.75 Å². The van der Waals surface area contributed by atoms with Crippen LogP contribution in [-0.2, 0) is 5.60 Å². The van der Waals surface area contributed by atoms with E-state index >= 15 is 0 Å². The minimum atomic E-state index is -0.806. The molecule has 0 atom stereocenters. The lowest BCUT2D eigenvalue weighted by Crippen LogP contribution is -2.42. The number of benzene rings is 2. The Labute approximate surface area is 204 Å². The van der Waals surface area contributed by atoms with Gasteiger partial charge in [0, 0.05) is 18.7 Å². The molecule has 3 heterocycles. The average molecular weight is 470 g/mol. The van der Waals surface area contributed by atoms with Gasteiger partial charge in [0.15, 0.2) is 5.76 Å². The summed E-state index contributed by atoms with van der Waals surface area (Å²) in [5.41, 5.74) is 1.59. The number of nitrogens with zero attached hydrogens (tertiary/aromatic N) is 2. The van der Waals surface area contributed by atoms with Gasteiger partial charge in [0.1, 0.15) is 17.3 Å². The fraction of sp³-hybridized carbons (Fsp3) is 0.214. The summed E-state index contributed by atoms with van der Waals surface area (Å²) in [7, 11) is 1.61. The number of nitrogens with one attached hydrogen (secondary N) is 1. The number of hydrogen-bond acceptors (Lipinski definition) is 6. The Morgan fingerprint density at radius 3 is 2.40 bits per heavy atom. The zero-order valence-electron chi connectivity index (χ0n) is 19.5. The standard InChI is InChI=1S/C28H27N3O4/c1-34-23-10-7-20(8-11-23)24-12-13-25(35-24)27(32)30-22-9-14-26(29-19-22)31-17-15-28(33,16-18-31)21-5-3-2-4-6-21/h2-14,19,33H,15-18H2,1H3,(H,30,32). The smallest absolute Gasteiger partial charge is 0.291 e. The fourth-order valence-corrected chi connectivity index (χ4v) is 4.35. The minimum absolute atomic E-state index is 0.219. The van der Waals surface area contributed by atoms with E-state index in [4.69, 9.17) is 9.15 Å². The van der Waals surface area contributed by atoms with Gasteiger partial charge in [0.25, 0.3) is 5.91 Å². The largest absolute Gasteiger partial charge is 0.497 e. The fourth-order valence-electron chi connectivity index (χ4n) is 4.35. The Balaban J connectivity index is 1.19. The SMILES string of the molecule is COc1ccc(-c2ccc(C(=O)Nc3ccc(N4CCC(O)(c5ccccc5)CC4)nc3)o2)cc1. The molecule has 2 aromatic carbocycles. The van der Waals surface area contributed by atoms with Crippen LogP contribution in [0.2, 0.25) is 0 Å². The average Bonchev–Trinajstić information content (AvgIpc) is 3.41. The van der Waals surface area contributed by atoms with Gasteiger partial charge in [-0.25, -0.2) is 4.98 Å². The molecule has 178 valence electrons. The molecule has 1 aliphatic heterocycles. The van der Waals surface area contributed by atoms with Gasteiger partial charge in [-0.1, -0.05) is 30.3 Å². The molecule has 0 radical (unpaired) electrons. The molecule has 0 unspecified atom stereocenters. The van der Waals surface area contributed by atoms with E-state index in [-0.39, 0.29) is 11.7 Å². The van der Waals surface area contributed by atoms with Gasteiger partial charge in [-0.05, 0) is 66.9 Å². The third kappa shape index (κ3) is 4.90. The Morgan fingerprint density at radius 2 is 1.74 bits per heavy atom. The number of carbonyl (C=O) groups is 1. The first-order chi connectivity index (χ1) is 17.0. The zero-order chi connectivity index (χ0) is 24.3. The number of methoxy groups -OCH3 is 1. The summed E-state index contributed by atoms with van der Waals surface area (Å²) in [6, 6.07) is 24.4. The van der Waals surface area contributed by atoms with Gasteiger partial charge in [-0.2, -0.15) is 0 Å². The van der Waals surface area contributed by atoms with Crippen molar-refractivity contribution < 1.29 is 19.1 Å². The van der Waals surface area contributed by atoms with Crippen LogP contribution in [0, 0.1) is 0 Å². The van der Waals surface area contributed by atoms with Gasteiger partial charge in [0.05, 0.1) is 24.6 Å². The van der Waals surface area contributed by atoms with Crippen LogP contribution in [0.1, 0.15) is 29.0 Å². The predicted octanol–water partition coefficient (Wildman–Crippen LogP) is 5.09. The van der Waals surface area contributed by atoms with Crippen LogP contribution < -0.4 is 15.0 Å². The highest BCUT2D eigenvalue weighted by molar-refractivity contribution is 6.02. The van der Waals surface area contributed by atoms with Crippen molar-refractivity contribution in [3.8, 4) is 17.1 Å². The van der Waals surface area contributed by atoms with Crippen LogP contribution in [-0.4, -0.2) is 36.2 Å². The third-order valence-electron chi connectivity index (χ3n) is 6.44. The summed E-state index contributed by atoms with van der Waals surface area (Å²) in [4.78, 5) is 19.3. The van der Waals surface area contributed by atoms with Crippen LogP contribution in [0.15, 0.2) is 89.5 Å². The van der Waals surface area contributed by atoms with Crippen LogP contribution in [0.25, 0.3) is 11.3 Å². The van der Waals surface area contributed by atoms with Crippen LogP contribution >= 0.6 is 0 Å². The topological polar surface area (TPSA) is 87.8 Å². The second-order valence-corrected chi connectivity index (χ2v) is 8.64. The summed E-state index contributed by atoms with van der Waals surface area (Å²) in [5.74, 6) is 2.05. The van der Waals surface area contributed by atoms with E-state index in [0.717, 1.165) is 22.7 Å². The lowest BCUT2D eigenvalue weighted by molar-refractivity contribution is 0.0116. The Kier molecular flexibility index (Phi) is 6.25. The highest BCUT2D eigenvalue weighted by atomic mass is 16.5. The number of piperidine rings is 1. The van der Waals surface area contributed by atoms with Gasteiger partial charge >= 0.3 is 0 Å². The molecule has 1 fully saturated rings. The van der Waals surface area contributed by atoms with Crippen molar-refractivity contribution in [2.75, 3.05) is 30.4 Å². The molecular weight excluding hydrogens is 442 g/mol. The van der Waals surface area contributed by atoms with E-state index in [2.05, 4.69) is 15.2 Å². The minimum Gasteiger partial charge on any atom is -0.497 e. The number of amides is 1. The number of ether oxygens (including phenoxy) is 1. The Bertz CT molecular complexity index is 1280. The molecule has 4 aromatic rings. The van der Waals surface area contributed by atoms with Crippen molar-refractivity contribution in [1.29, 1.82) is 0 Å². The first-order valence-corrected chi connectivity index (χ1v) is 11.6. The van der Waals surface area contributed by atoms with Crippen molar-refractivity contribution in [3.05, 3.63) is 96.4 Å². The summed E-state index contributed by atoms with van der Waals surface area (Å²) >= 11 is 0. The number of rotatable bonds is 6. The summed E-state index contributed by atoms with van der Waals surface area (Å²) < 4.78 is 10.9. The Morgan fingerprint density at radius 1 is 1.00 bits per heavy atom. The van der Waals surface area contributed by atoms with Crippen LogP contribution in [0.4, 0.5) is 11.5 Å². The molecule has 0 saturated carbocycles. The van der Waals surface area contributed by atoms with Crippen molar-refractivity contribution in [1.82, 2.24) is 4.98 Å². The van der Waals surface area contributed by atoms with E-state index in [1.807, 2.05) is 66.7 Å². The molecule has 2 N–H and O–H groups in total. The second kappa shape index (κ2) is 9.64. The van der Waals surface area contributed by atoms with Crippen molar-refractivity contribution >= 4 is 17.4 Å². The van der Waals surface area contributed by atoms with E-state index in [1.54, 1.807) is 25.4 Å². The number of carbonyl (C=O) groups excluding carboxylic acids is 1. The maximum Gasteiger partial charge on any atom is 0.291 e. The molecule has 0 spiro atoms. The maximum absolute atomic E-state index is 12.7. The normalized spacial score (nSPS) is 15.0. The molecule has 5 rings (SSSR count). The molecule has 1 saturated heterocycles. The summed E-state index contributed by atoms with van der Waals surface area (Å²) in [5, 5.41) is 13.9. The summed E-state index contributed by atoms with van der Waals surface area (Å²) in [6.07, 6.45) is 2.90. The first kappa shape index (κ1) is 22.7. The highest BCUT2D eigenvalue weighted by Gasteiger charge is 2.34. The first-order valence-electron chi connectivity index (χ1n) is 11.6. The van der Waals surface area contributed by atoms with Gasteiger partial charge in [0.2, 0.25) is 0 Å². The number of pyridine rings is 1. The lowest BCUT2D eigenvalue weighted by atomic mass is 9.84. The summed E-state index contributed by atoms with van der Waals surface area (Å²) in [6.45, 7) is 1.40. The van der Waals surface area contributed by atoms with Crippen molar-refractivity contribution in [3.63, 3.8) is 0 Å². The Hall–Kier alpha value is -4.10. The van der Waals surface area contributed by atoms with E-state index in [0.29, 0.717) is 37.4 Å². The second-order valence-electron chi connectivity index (χ2n) is 8.64. The van der Waals surface area contributed by atoms with E-state index in [1.165, 1.54) is 0 Å². The van der Waals surface area contributed by atoms with Gasteiger partial charge in [-0.15, -0.1) is 0 Å². The number of furan rings is 1. The lowest BCUT2D eigenvalue weighted by Gasteiger charge is -2.39. The molecule has 1 aliphatic rings. The molecule has 0 aliphatic carbocycles. The van der Waals surface area contributed by atoms with Crippen molar-refractivity contribution in [2.45, 2.75) is 18.4 Å². The zero-order valence-corrected chi connectivity index (χ0v) is 19.5. The molecule has 1 amide bonds. The van der Waals surface area contributed by atoms with E-state index in [9.17, 15) is 9.90 Å². The molecular formula is C28H27N3O4. The monoisotopic (exact) mass is 469 g/mol. The van der Waals surface area contributed by atoms with Gasteiger partial charge in [-0.3, -0.25) is 4.79 Å². The van der Waals surface area contributed by atoms with E-state index < -0.39 is 5.60 Å². The number of anilines is 2. The predicted molar refractivity (Wildman–Crippen MR) is 135 cm³/mol. The van der Waals surface area contributed by atoms with Gasteiger partial charge < -0.3 is 24.5 Å². The highest BCUT2D eigenvalue weighted by Crippen LogP contribution is 2.34. The third-order valence-corrected chi connectivity index (χ3v) is 6.44. The van der Waals surface area contributed by atoms with Crippen LogP contribution in [0.3, 0.4) is 0 Å². The van der Waals surface area contributed by atoms with Crippen molar-refractivity contribution in [2.24, 2.45) is 0 Å². The maximum atomic E-state index is 12.7. The number of aliphatic hydroxyl groups is 1. The molecule has 35 heavy (non-hydrogen) atoms. The molecule has 0 bridgehead atoms. The quantitative estimate of drug-likeness (QED) is 0.409. The number of hydrogen-bond donors (Lipinski definition) is 2. The molecule has 7 nitrogen and oxygen atoms in total.